The van der Waals surface area contributed by atoms with Crippen molar-refractivity contribution in [2.75, 3.05) is 7.05 Å². The van der Waals surface area contributed by atoms with Gasteiger partial charge in [0.25, 0.3) is 0 Å². The van der Waals surface area contributed by atoms with Crippen molar-refractivity contribution in [1.82, 2.24) is 10.3 Å². The number of nitrogens with one attached hydrogen (secondary N) is 1. The molecule has 2 rings (SSSR count). The highest BCUT2D eigenvalue weighted by Crippen LogP contribution is 2.20. The first kappa shape index (κ1) is 12.7. The number of halogens is 1. The number of likely N-dealkylation sites (N-methyl/N-ethyl adjacent to an activating group) is 1. The molecule has 0 saturated carbocycles. The second kappa shape index (κ2) is 5.74. The fourth-order valence-electron chi connectivity index (χ4n) is 1.86. The lowest BCUT2D eigenvalue weighted by molar-refractivity contribution is 0.608. The lowest BCUT2D eigenvalue weighted by atomic mass is 10.0. The number of rotatable bonds is 4. The van der Waals surface area contributed by atoms with Crippen molar-refractivity contribution in [3.8, 4) is 11.1 Å². The van der Waals surface area contributed by atoms with Crippen molar-refractivity contribution >= 4 is 0 Å². The third-order valence-corrected chi connectivity index (χ3v) is 3.03. The van der Waals surface area contributed by atoms with Gasteiger partial charge in [-0.3, -0.25) is 4.98 Å². The highest BCUT2D eigenvalue weighted by Gasteiger charge is 2.03. The van der Waals surface area contributed by atoms with Crippen LogP contribution in [0.25, 0.3) is 11.1 Å². The van der Waals surface area contributed by atoms with Crippen molar-refractivity contribution < 1.29 is 4.39 Å². The summed E-state index contributed by atoms with van der Waals surface area (Å²) in [6.45, 7) is 2.14. The van der Waals surface area contributed by atoms with Gasteiger partial charge in [0, 0.05) is 17.8 Å². The molecule has 3 heteroatoms. The van der Waals surface area contributed by atoms with E-state index in [2.05, 4.69) is 29.4 Å². The van der Waals surface area contributed by atoms with Gasteiger partial charge in [0.05, 0.1) is 6.20 Å². The number of pyridine rings is 1. The van der Waals surface area contributed by atoms with E-state index in [9.17, 15) is 4.39 Å². The summed E-state index contributed by atoms with van der Waals surface area (Å²) in [4.78, 5) is 3.86. The van der Waals surface area contributed by atoms with Crippen LogP contribution in [0.15, 0.2) is 42.7 Å². The smallest absolute Gasteiger partial charge is 0.142 e. The van der Waals surface area contributed by atoms with Gasteiger partial charge in [-0.1, -0.05) is 24.3 Å². The van der Waals surface area contributed by atoms with Crippen molar-refractivity contribution in [2.24, 2.45) is 0 Å². The van der Waals surface area contributed by atoms with Gasteiger partial charge in [-0.15, -0.1) is 0 Å². The molecule has 0 amide bonds. The van der Waals surface area contributed by atoms with Crippen molar-refractivity contribution in [3.05, 3.63) is 54.1 Å². The van der Waals surface area contributed by atoms with E-state index >= 15 is 0 Å². The Morgan fingerprint density at radius 2 is 1.89 bits per heavy atom. The zero-order valence-electron chi connectivity index (χ0n) is 10.7. The predicted octanol–water partition coefficient (Wildman–Crippen LogP) is 3.04. The molecular weight excluding hydrogens is 227 g/mol. The molecule has 18 heavy (non-hydrogen) atoms. The molecule has 1 heterocycles. The quantitative estimate of drug-likeness (QED) is 0.894. The van der Waals surface area contributed by atoms with Gasteiger partial charge in [-0.05, 0) is 37.6 Å². The first-order chi connectivity index (χ1) is 8.69. The minimum atomic E-state index is -0.305. The third-order valence-electron chi connectivity index (χ3n) is 3.03. The molecule has 1 unspecified atom stereocenters. The van der Waals surface area contributed by atoms with Crippen LogP contribution < -0.4 is 5.32 Å². The number of benzene rings is 1. The monoisotopic (exact) mass is 244 g/mol. The Kier molecular flexibility index (Phi) is 4.05. The highest BCUT2D eigenvalue weighted by atomic mass is 19.1. The van der Waals surface area contributed by atoms with Crippen LogP contribution in [0.4, 0.5) is 4.39 Å². The summed E-state index contributed by atoms with van der Waals surface area (Å²) >= 11 is 0. The van der Waals surface area contributed by atoms with E-state index in [0.717, 1.165) is 17.5 Å². The molecule has 0 aliphatic heterocycles. The van der Waals surface area contributed by atoms with Crippen LogP contribution in [0.2, 0.25) is 0 Å². The van der Waals surface area contributed by atoms with Crippen molar-refractivity contribution in [2.45, 2.75) is 19.4 Å². The maximum Gasteiger partial charge on any atom is 0.142 e. The van der Waals surface area contributed by atoms with Crippen LogP contribution in [-0.2, 0) is 6.42 Å². The molecule has 94 valence electrons. The Labute approximate surface area is 107 Å². The molecule has 1 aromatic carbocycles. The average Bonchev–Trinajstić information content (AvgIpc) is 2.39. The summed E-state index contributed by atoms with van der Waals surface area (Å²) in [6.07, 6.45) is 3.87. The summed E-state index contributed by atoms with van der Waals surface area (Å²) in [5, 5.41) is 3.21. The molecule has 1 N–H and O–H groups in total. The fraction of sp³-hybridized carbons (Fsp3) is 0.267. The Morgan fingerprint density at radius 3 is 2.50 bits per heavy atom. The molecule has 0 radical (unpaired) electrons. The summed E-state index contributed by atoms with van der Waals surface area (Å²) in [5.41, 5.74) is 3.07. The molecule has 2 nitrogen and oxygen atoms in total. The zero-order valence-corrected chi connectivity index (χ0v) is 10.7. The maximum atomic E-state index is 13.1. The van der Waals surface area contributed by atoms with E-state index in [4.69, 9.17) is 0 Å². The molecule has 0 saturated heterocycles. The minimum absolute atomic E-state index is 0.305. The van der Waals surface area contributed by atoms with Gasteiger partial charge in [0.15, 0.2) is 0 Å². The SMILES string of the molecule is CNC(C)Cc1ccc(-c2cncc(F)c2)cc1. The van der Waals surface area contributed by atoms with Crippen LogP contribution in [0, 0.1) is 5.82 Å². The topological polar surface area (TPSA) is 24.9 Å². The van der Waals surface area contributed by atoms with Crippen LogP contribution in [0.1, 0.15) is 12.5 Å². The Bertz CT molecular complexity index is 508. The summed E-state index contributed by atoms with van der Waals surface area (Å²) in [6, 6.07) is 10.1. The Balaban J connectivity index is 2.17. The lowest BCUT2D eigenvalue weighted by Gasteiger charge is -2.10. The van der Waals surface area contributed by atoms with Gasteiger partial charge in [-0.25, -0.2) is 4.39 Å². The van der Waals surface area contributed by atoms with E-state index in [0.29, 0.717) is 6.04 Å². The van der Waals surface area contributed by atoms with Crippen molar-refractivity contribution in [1.29, 1.82) is 0 Å². The number of nitrogens with zero attached hydrogens (tertiary/aromatic N) is 1. The van der Waals surface area contributed by atoms with Gasteiger partial charge in [0.1, 0.15) is 5.82 Å². The zero-order chi connectivity index (χ0) is 13.0. The largest absolute Gasteiger partial charge is 0.317 e. The van der Waals surface area contributed by atoms with Gasteiger partial charge >= 0.3 is 0 Å². The van der Waals surface area contributed by atoms with E-state index in [1.54, 1.807) is 6.20 Å². The molecule has 0 fully saturated rings. The molecule has 2 aromatic rings. The van der Waals surface area contributed by atoms with Crippen LogP contribution in [0.3, 0.4) is 0 Å². The second-order valence-electron chi connectivity index (χ2n) is 4.48. The van der Waals surface area contributed by atoms with Gasteiger partial charge in [0.2, 0.25) is 0 Å². The maximum absolute atomic E-state index is 13.1. The Morgan fingerprint density at radius 1 is 1.17 bits per heavy atom. The number of hydrogen-bond acceptors (Lipinski definition) is 2. The lowest BCUT2D eigenvalue weighted by Crippen LogP contribution is -2.23. The van der Waals surface area contributed by atoms with Crippen LogP contribution >= 0.6 is 0 Å². The first-order valence-electron chi connectivity index (χ1n) is 6.06. The van der Waals surface area contributed by atoms with E-state index < -0.39 is 0 Å². The van der Waals surface area contributed by atoms with Crippen LogP contribution in [0.5, 0.6) is 0 Å². The minimum Gasteiger partial charge on any atom is -0.317 e. The number of aromatic nitrogens is 1. The van der Waals surface area contributed by atoms with E-state index in [-0.39, 0.29) is 5.82 Å². The average molecular weight is 244 g/mol. The molecule has 0 spiro atoms. The molecule has 1 aromatic heterocycles. The molecule has 0 aliphatic rings. The number of hydrogen-bond donors (Lipinski definition) is 1. The highest BCUT2D eigenvalue weighted by molar-refractivity contribution is 5.62. The van der Waals surface area contributed by atoms with E-state index in [1.165, 1.54) is 17.8 Å². The molecule has 0 aliphatic carbocycles. The van der Waals surface area contributed by atoms with Gasteiger partial charge in [-0.2, -0.15) is 0 Å². The van der Waals surface area contributed by atoms with E-state index in [1.807, 2.05) is 19.2 Å². The van der Waals surface area contributed by atoms with Gasteiger partial charge < -0.3 is 5.32 Å². The first-order valence-corrected chi connectivity index (χ1v) is 6.06. The molecule has 1 atom stereocenters. The standard InChI is InChI=1S/C15H17FN2/c1-11(17-2)7-12-3-5-13(6-4-12)14-8-15(16)10-18-9-14/h3-6,8-11,17H,7H2,1-2H3. The second-order valence-corrected chi connectivity index (χ2v) is 4.48. The van der Waals surface area contributed by atoms with Crippen molar-refractivity contribution in [3.63, 3.8) is 0 Å². The third kappa shape index (κ3) is 3.14. The summed E-state index contributed by atoms with van der Waals surface area (Å²) in [5.74, 6) is -0.305. The summed E-state index contributed by atoms with van der Waals surface area (Å²) in [7, 11) is 1.96. The fourth-order valence-corrected chi connectivity index (χ4v) is 1.86. The summed E-state index contributed by atoms with van der Waals surface area (Å²) < 4.78 is 13.1. The normalized spacial score (nSPS) is 12.4. The Hall–Kier alpha value is -1.74. The molecular formula is C15H17FN2. The van der Waals surface area contributed by atoms with Crippen LogP contribution in [-0.4, -0.2) is 18.1 Å². The molecule has 0 bridgehead atoms. The predicted molar refractivity (Wildman–Crippen MR) is 71.9 cm³/mol.